The Bertz CT molecular complexity index is 1250. The molecule has 0 saturated carbocycles. The van der Waals surface area contributed by atoms with Crippen LogP contribution >= 0.6 is 0 Å². The summed E-state index contributed by atoms with van der Waals surface area (Å²) in [4.78, 5) is 11.0. The summed E-state index contributed by atoms with van der Waals surface area (Å²) in [6.07, 6.45) is -2.60. The van der Waals surface area contributed by atoms with Gasteiger partial charge in [0.05, 0.1) is 23.1 Å². The van der Waals surface area contributed by atoms with E-state index in [-0.39, 0.29) is 40.1 Å². The maximum atomic E-state index is 12.9. The van der Waals surface area contributed by atoms with Gasteiger partial charge >= 0.3 is 6.18 Å². The second-order valence-corrected chi connectivity index (χ2v) is 8.37. The van der Waals surface area contributed by atoms with Crippen LogP contribution in [0.25, 0.3) is 23.0 Å². The Morgan fingerprint density at radius 3 is 2.47 bits per heavy atom. The van der Waals surface area contributed by atoms with Gasteiger partial charge in [-0.3, -0.25) is 4.98 Å². The van der Waals surface area contributed by atoms with Crippen LogP contribution in [0.4, 0.5) is 13.2 Å². The highest BCUT2D eigenvalue weighted by molar-refractivity contribution is 7.91. The predicted molar refractivity (Wildman–Crippen MR) is 97.3 cm³/mol. The van der Waals surface area contributed by atoms with Crippen molar-refractivity contribution in [2.45, 2.75) is 24.4 Å². The number of hydrogen-bond donors (Lipinski definition) is 0. The van der Waals surface area contributed by atoms with Crippen LogP contribution in [-0.2, 0) is 29.5 Å². The first-order valence-corrected chi connectivity index (χ1v) is 10.1. The van der Waals surface area contributed by atoms with E-state index in [1.54, 1.807) is 0 Å². The van der Waals surface area contributed by atoms with Gasteiger partial charge in [-0.1, -0.05) is 6.92 Å². The highest BCUT2D eigenvalue weighted by atomic mass is 32.2. The first kappa shape index (κ1) is 21.3. The number of sulfone groups is 1. The Morgan fingerprint density at radius 2 is 1.83 bits per heavy atom. The third-order valence-electron chi connectivity index (χ3n) is 4.18. The molecule has 0 radical (unpaired) electrons. The van der Waals surface area contributed by atoms with E-state index in [4.69, 9.17) is 5.26 Å². The predicted octanol–water partition coefficient (Wildman–Crippen LogP) is 2.21. The number of halogens is 3. The van der Waals surface area contributed by atoms with Gasteiger partial charge in [-0.2, -0.15) is 18.4 Å². The fraction of sp³-hybridized carbons (Fsp3) is 0.294. The SMILES string of the molecule is CCS(=O)(=O)c1cc(CC#N)cnc1-c1nnc(-c2cc(C(F)(F)F)ncn2)n1C. The van der Waals surface area contributed by atoms with Gasteiger partial charge in [0.2, 0.25) is 0 Å². The van der Waals surface area contributed by atoms with Crippen molar-refractivity contribution in [2.24, 2.45) is 7.05 Å². The third-order valence-corrected chi connectivity index (χ3v) is 5.92. The summed E-state index contributed by atoms with van der Waals surface area (Å²) < 4.78 is 65.3. The molecule has 9 nitrogen and oxygen atoms in total. The number of nitriles is 1. The van der Waals surface area contributed by atoms with Gasteiger partial charge in [0.1, 0.15) is 23.4 Å². The lowest BCUT2D eigenvalue weighted by molar-refractivity contribution is -0.141. The minimum absolute atomic E-state index is 0.0210. The summed E-state index contributed by atoms with van der Waals surface area (Å²) in [6.45, 7) is 1.46. The average molecular weight is 437 g/mol. The van der Waals surface area contributed by atoms with Crippen molar-refractivity contribution in [1.29, 1.82) is 5.26 Å². The smallest absolute Gasteiger partial charge is 0.307 e. The van der Waals surface area contributed by atoms with E-state index in [2.05, 4.69) is 25.1 Å². The molecule has 156 valence electrons. The van der Waals surface area contributed by atoms with Gasteiger partial charge in [-0.05, 0) is 17.7 Å². The number of nitrogens with zero attached hydrogens (tertiary/aromatic N) is 7. The number of alkyl halides is 3. The Balaban J connectivity index is 2.17. The van der Waals surface area contributed by atoms with Crippen LogP contribution in [0.1, 0.15) is 18.2 Å². The van der Waals surface area contributed by atoms with Crippen LogP contribution in [0, 0.1) is 11.3 Å². The topological polar surface area (TPSA) is 127 Å². The van der Waals surface area contributed by atoms with Gasteiger partial charge in [-0.15, -0.1) is 10.2 Å². The molecule has 0 aromatic carbocycles. The molecule has 13 heteroatoms. The average Bonchev–Trinajstić information content (AvgIpc) is 3.09. The standard InChI is InChI=1S/C17H14F3N7O2S/c1-3-30(28,29)12-6-10(4-5-21)8-22-14(12)16-26-25-15(27(16)2)11-7-13(17(18,19)20)24-9-23-11/h6-9H,3-4H2,1-2H3. The van der Waals surface area contributed by atoms with Crippen molar-refractivity contribution >= 4 is 9.84 Å². The molecule has 0 amide bonds. The summed E-state index contributed by atoms with van der Waals surface area (Å²) >= 11 is 0. The fourth-order valence-corrected chi connectivity index (χ4v) is 3.71. The molecular formula is C17H14F3N7O2S. The molecule has 0 aliphatic carbocycles. The van der Waals surface area contributed by atoms with E-state index >= 15 is 0 Å². The number of pyridine rings is 1. The molecule has 0 aliphatic heterocycles. The molecular weight excluding hydrogens is 423 g/mol. The second-order valence-electron chi connectivity index (χ2n) is 6.12. The number of hydrogen-bond acceptors (Lipinski definition) is 8. The minimum atomic E-state index is -4.67. The molecule has 0 atom stereocenters. The summed E-state index contributed by atoms with van der Waals surface area (Å²) in [5, 5.41) is 16.6. The quantitative estimate of drug-likeness (QED) is 0.594. The lowest BCUT2D eigenvalue weighted by atomic mass is 10.2. The number of aromatic nitrogens is 6. The molecule has 0 saturated heterocycles. The summed E-state index contributed by atoms with van der Waals surface area (Å²) in [6, 6.07) is 3.98. The number of rotatable bonds is 5. The Kier molecular flexibility index (Phi) is 5.53. The maximum Gasteiger partial charge on any atom is 0.433 e. The lowest BCUT2D eigenvalue weighted by Gasteiger charge is -2.10. The van der Waals surface area contributed by atoms with Gasteiger partial charge < -0.3 is 4.57 Å². The first-order valence-electron chi connectivity index (χ1n) is 8.46. The highest BCUT2D eigenvalue weighted by Crippen LogP contribution is 2.31. The van der Waals surface area contributed by atoms with Gasteiger partial charge in [0, 0.05) is 13.2 Å². The molecule has 0 unspecified atom stereocenters. The van der Waals surface area contributed by atoms with Crippen molar-refractivity contribution in [3.8, 4) is 29.1 Å². The second kappa shape index (κ2) is 7.79. The molecule has 3 aromatic rings. The van der Waals surface area contributed by atoms with Crippen molar-refractivity contribution in [2.75, 3.05) is 5.75 Å². The van der Waals surface area contributed by atoms with Crippen LogP contribution in [0.2, 0.25) is 0 Å². The van der Waals surface area contributed by atoms with Gasteiger partial charge in [0.25, 0.3) is 0 Å². The Labute approximate surface area is 169 Å². The van der Waals surface area contributed by atoms with Crippen LogP contribution in [-0.4, -0.2) is 43.9 Å². The molecule has 3 aromatic heterocycles. The molecule has 0 aliphatic rings. The summed E-state index contributed by atoms with van der Waals surface area (Å²) in [5.41, 5.74) is -0.906. The molecule has 3 rings (SSSR count). The van der Waals surface area contributed by atoms with Gasteiger partial charge in [0.15, 0.2) is 21.5 Å². The molecule has 0 fully saturated rings. The van der Waals surface area contributed by atoms with Crippen molar-refractivity contribution in [3.05, 3.63) is 35.9 Å². The molecule has 0 N–H and O–H groups in total. The van der Waals surface area contributed by atoms with E-state index in [9.17, 15) is 21.6 Å². The Morgan fingerprint density at radius 1 is 1.13 bits per heavy atom. The largest absolute Gasteiger partial charge is 0.433 e. The van der Waals surface area contributed by atoms with Crippen molar-refractivity contribution in [1.82, 2.24) is 29.7 Å². The molecule has 0 spiro atoms. The lowest BCUT2D eigenvalue weighted by Crippen LogP contribution is -2.10. The monoisotopic (exact) mass is 437 g/mol. The van der Waals surface area contributed by atoms with E-state index in [1.807, 2.05) is 6.07 Å². The van der Waals surface area contributed by atoms with Crippen molar-refractivity contribution < 1.29 is 21.6 Å². The fourth-order valence-electron chi connectivity index (χ4n) is 2.63. The van der Waals surface area contributed by atoms with Crippen LogP contribution < -0.4 is 0 Å². The molecule has 30 heavy (non-hydrogen) atoms. The first-order chi connectivity index (χ1) is 14.1. The van der Waals surface area contributed by atoms with E-state index in [0.717, 1.165) is 12.4 Å². The van der Waals surface area contributed by atoms with Crippen molar-refractivity contribution in [3.63, 3.8) is 0 Å². The van der Waals surface area contributed by atoms with E-state index < -0.39 is 21.7 Å². The zero-order chi connectivity index (χ0) is 22.1. The zero-order valence-electron chi connectivity index (χ0n) is 15.7. The Hall–Kier alpha value is -3.40. The molecule has 0 bridgehead atoms. The zero-order valence-corrected chi connectivity index (χ0v) is 16.5. The van der Waals surface area contributed by atoms with Crippen LogP contribution in [0.3, 0.4) is 0 Å². The summed E-state index contributed by atoms with van der Waals surface area (Å²) in [5.74, 6) is -0.225. The summed E-state index contributed by atoms with van der Waals surface area (Å²) in [7, 11) is -2.29. The van der Waals surface area contributed by atoms with E-state index in [0.29, 0.717) is 5.56 Å². The van der Waals surface area contributed by atoms with E-state index in [1.165, 1.54) is 30.8 Å². The van der Waals surface area contributed by atoms with Gasteiger partial charge in [-0.25, -0.2) is 18.4 Å². The third kappa shape index (κ3) is 3.99. The normalized spacial score (nSPS) is 12.0. The van der Waals surface area contributed by atoms with Crippen LogP contribution in [0.15, 0.2) is 29.6 Å². The minimum Gasteiger partial charge on any atom is -0.307 e. The highest BCUT2D eigenvalue weighted by Gasteiger charge is 2.33. The van der Waals surface area contributed by atoms with Crippen LogP contribution in [0.5, 0.6) is 0 Å². The maximum absolute atomic E-state index is 12.9. The molecule has 3 heterocycles.